The number of halogens is 1. The Morgan fingerprint density at radius 2 is 1.83 bits per heavy atom. The van der Waals surface area contributed by atoms with Crippen LogP contribution in [0.3, 0.4) is 0 Å². The quantitative estimate of drug-likeness (QED) is 0.352. The first-order valence-electron chi connectivity index (χ1n) is 11.1. The van der Waals surface area contributed by atoms with E-state index in [1.165, 1.54) is 0 Å². The Morgan fingerprint density at radius 3 is 2.57 bits per heavy atom. The van der Waals surface area contributed by atoms with E-state index in [1.807, 2.05) is 80.6 Å². The van der Waals surface area contributed by atoms with Gasteiger partial charge in [-0.25, -0.2) is 4.79 Å². The number of aryl methyl sites for hydroxylation is 1. The fraction of sp³-hybridized carbons (Fsp3) is 0.148. The molecule has 1 aliphatic heterocycles. The zero-order valence-corrected chi connectivity index (χ0v) is 20.2. The summed E-state index contributed by atoms with van der Waals surface area (Å²) in [6, 6.07) is 21.9. The number of benzene rings is 3. The summed E-state index contributed by atoms with van der Waals surface area (Å²) in [4.78, 5) is 19.6. The highest BCUT2D eigenvalue weighted by Gasteiger charge is 2.36. The van der Waals surface area contributed by atoms with Gasteiger partial charge in [-0.15, -0.1) is 0 Å². The summed E-state index contributed by atoms with van der Waals surface area (Å²) in [5, 5.41) is 7.89. The van der Waals surface area contributed by atoms with Gasteiger partial charge in [-0.3, -0.25) is 4.90 Å². The molecule has 7 nitrogen and oxygen atoms in total. The van der Waals surface area contributed by atoms with E-state index < -0.39 is 6.04 Å². The Morgan fingerprint density at radius 1 is 1.03 bits per heavy atom. The summed E-state index contributed by atoms with van der Waals surface area (Å²) >= 11 is 6.38. The van der Waals surface area contributed by atoms with E-state index in [2.05, 4.69) is 10.5 Å². The lowest BCUT2D eigenvalue weighted by atomic mass is 9.94. The minimum atomic E-state index is -0.473. The average Bonchev–Trinajstić information content (AvgIpc) is 3.36. The summed E-state index contributed by atoms with van der Waals surface area (Å²) in [7, 11) is 1.61. The van der Waals surface area contributed by atoms with Crippen molar-refractivity contribution in [2.24, 2.45) is 0 Å². The van der Waals surface area contributed by atoms with Gasteiger partial charge in [-0.1, -0.05) is 65.3 Å². The number of aromatic nitrogens is 2. The highest BCUT2D eigenvalue weighted by molar-refractivity contribution is 6.31. The molecule has 0 aliphatic carbocycles. The summed E-state index contributed by atoms with van der Waals surface area (Å²) < 4.78 is 11.1. The number of urea groups is 1. The van der Waals surface area contributed by atoms with Crippen molar-refractivity contribution >= 4 is 28.9 Å². The number of ether oxygens (including phenoxy) is 1. The van der Waals surface area contributed by atoms with Gasteiger partial charge in [0.05, 0.1) is 24.4 Å². The predicted molar refractivity (Wildman–Crippen MR) is 135 cm³/mol. The third-order valence-electron chi connectivity index (χ3n) is 6.02. The van der Waals surface area contributed by atoms with Crippen LogP contribution in [0.5, 0.6) is 5.75 Å². The van der Waals surface area contributed by atoms with Crippen LogP contribution < -0.4 is 15.0 Å². The van der Waals surface area contributed by atoms with E-state index in [0.29, 0.717) is 39.4 Å². The number of carbonyl (C=O) groups excluding carboxylic acids is 1. The van der Waals surface area contributed by atoms with E-state index in [0.717, 1.165) is 16.7 Å². The summed E-state index contributed by atoms with van der Waals surface area (Å²) in [5.41, 5.74) is 4.61. The van der Waals surface area contributed by atoms with E-state index in [9.17, 15) is 4.79 Å². The van der Waals surface area contributed by atoms with Crippen LogP contribution in [0, 0.1) is 6.92 Å². The van der Waals surface area contributed by atoms with Gasteiger partial charge in [0.1, 0.15) is 5.75 Å². The first kappa shape index (κ1) is 22.7. The highest BCUT2D eigenvalue weighted by Crippen LogP contribution is 2.39. The molecule has 1 unspecified atom stereocenters. The Hall–Kier alpha value is -4.10. The molecular weight excluding hydrogens is 464 g/mol. The number of hydrogen-bond acceptors (Lipinski definition) is 5. The van der Waals surface area contributed by atoms with Gasteiger partial charge in [0.15, 0.2) is 0 Å². The zero-order chi connectivity index (χ0) is 24.5. The molecule has 4 aromatic rings. The lowest BCUT2D eigenvalue weighted by Crippen LogP contribution is -2.46. The summed E-state index contributed by atoms with van der Waals surface area (Å²) in [6.07, 6.45) is 0. The monoisotopic (exact) mass is 486 g/mol. The van der Waals surface area contributed by atoms with Crippen molar-refractivity contribution < 1.29 is 14.1 Å². The highest BCUT2D eigenvalue weighted by atomic mass is 35.5. The lowest BCUT2D eigenvalue weighted by molar-refractivity contribution is 0.244. The molecular formula is C27H23ClN4O3. The number of allylic oxidation sites excluding steroid dienone is 1. The van der Waals surface area contributed by atoms with Crippen molar-refractivity contribution in [2.45, 2.75) is 19.9 Å². The SMILES string of the molecule is COc1cccc(-c2noc(C3=C(C)N(c4ccc(C)c(Cl)c4)C(=O)NC3c3ccccc3)n2)c1. The molecule has 1 aromatic heterocycles. The van der Waals surface area contributed by atoms with Crippen molar-refractivity contribution in [1.29, 1.82) is 0 Å². The minimum absolute atomic E-state index is 0.271. The second-order valence-electron chi connectivity index (χ2n) is 8.22. The molecule has 35 heavy (non-hydrogen) atoms. The van der Waals surface area contributed by atoms with Gasteiger partial charge in [-0.05, 0) is 49.2 Å². The third-order valence-corrected chi connectivity index (χ3v) is 6.42. The number of amides is 2. The van der Waals surface area contributed by atoms with Crippen LogP contribution in [0.1, 0.15) is 30.0 Å². The van der Waals surface area contributed by atoms with E-state index in [-0.39, 0.29) is 6.03 Å². The molecule has 1 atom stereocenters. The van der Waals surface area contributed by atoms with Crippen molar-refractivity contribution in [3.63, 3.8) is 0 Å². The molecule has 5 rings (SSSR count). The third kappa shape index (κ3) is 4.26. The van der Waals surface area contributed by atoms with Crippen LogP contribution >= 0.6 is 11.6 Å². The minimum Gasteiger partial charge on any atom is -0.497 e. The number of anilines is 1. The van der Waals surface area contributed by atoms with Crippen LogP contribution in [-0.4, -0.2) is 23.3 Å². The second kappa shape index (κ2) is 9.27. The first-order chi connectivity index (χ1) is 17.0. The fourth-order valence-electron chi connectivity index (χ4n) is 4.16. The molecule has 0 bridgehead atoms. The molecule has 0 saturated carbocycles. The fourth-order valence-corrected chi connectivity index (χ4v) is 4.33. The van der Waals surface area contributed by atoms with E-state index in [4.69, 9.17) is 25.8 Å². The zero-order valence-electron chi connectivity index (χ0n) is 19.4. The lowest BCUT2D eigenvalue weighted by Gasteiger charge is -2.35. The first-order valence-corrected chi connectivity index (χ1v) is 11.4. The molecule has 2 amide bonds. The van der Waals surface area contributed by atoms with Gasteiger partial charge in [0.2, 0.25) is 5.82 Å². The standard InChI is InChI=1S/C27H23ClN4O3/c1-16-12-13-20(15-22(16)28)32-17(2)23(24(29-27(32)33)18-8-5-4-6-9-18)26-30-25(31-35-26)19-10-7-11-21(14-19)34-3/h4-15,24H,1-3H3,(H,29,33). The molecule has 0 spiro atoms. The van der Waals surface area contributed by atoms with Crippen LogP contribution in [0.25, 0.3) is 17.0 Å². The van der Waals surface area contributed by atoms with E-state index >= 15 is 0 Å². The average molecular weight is 487 g/mol. The van der Waals surface area contributed by atoms with Crippen LogP contribution in [0.4, 0.5) is 10.5 Å². The van der Waals surface area contributed by atoms with Crippen molar-refractivity contribution in [1.82, 2.24) is 15.5 Å². The Bertz CT molecular complexity index is 1430. The number of hydrogen-bond donors (Lipinski definition) is 1. The molecule has 0 saturated heterocycles. The number of nitrogens with one attached hydrogen (secondary N) is 1. The topological polar surface area (TPSA) is 80.5 Å². The van der Waals surface area contributed by atoms with Crippen molar-refractivity contribution in [2.75, 3.05) is 12.0 Å². The maximum absolute atomic E-state index is 13.3. The van der Waals surface area contributed by atoms with Crippen LogP contribution in [0.2, 0.25) is 5.02 Å². The number of carbonyl (C=O) groups is 1. The molecule has 2 heterocycles. The van der Waals surface area contributed by atoms with Gasteiger partial charge in [0, 0.05) is 16.3 Å². The number of rotatable bonds is 5. The largest absolute Gasteiger partial charge is 0.497 e. The second-order valence-corrected chi connectivity index (χ2v) is 8.62. The molecule has 0 fully saturated rings. The predicted octanol–water partition coefficient (Wildman–Crippen LogP) is 6.41. The molecule has 1 N–H and O–H groups in total. The normalized spacial score (nSPS) is 15.8. The van der Waals surface area contributed by atoms with Gasteiger partial charge >= 0.3 is 6.03 Å². The molecule has 1 aliphatic rings. The Balaban J connectivity index is 1.65. The maximum atomic E-state index is 13.3. The summed E-state index contributed by atoms with van der Waals surface area (Å²) in [5.74, 6) is 1.43. The van der Waals surface area contributed by atoms with Gasteiger partial charge in [0.25, 0.3) is 5.89 Å². The molecule has 3 aromatic carbocycles. The summed E-state index contributed by atoms with van der Waals surface area (Å²) in [6.45, 7) is 3.79. The van der Waals surface area contributed by atoms with Crippen LogP contribution in [-0.2, 0) is 0 Å². The van der Waals surface area contributed by atoms with Crippen LogP contribution in [0.15, 0.2) is 83.0 Å². The van der Waals surface area contributed by atoms with Crippen molar-refractivity contribution in [3.8, 4) is 17.1 Å². The van der Waals surface area contributed by atoms with E-state index in [1.54, 1.807) is 18.1 Å². The smallest absolute Gasteiger partial charge is 0.326 e. The number of nitrogens with zero attached hydrogens (tertiary/aromatic N) is 3. The molecule has 176 valence electrons. The van der Waals surface area contributed by atoms with Gasteiger partial charge < -0.3 is 14.6 Å². The Kier molecular flexibility index (Phi) is 6.01. The van der Waals surface area contributed by atoms with Gasteiger partial charge in [-0.2, -0.15) is 4.98 Å². The molecule has 8 heteroatoms. The number of methoxy groups -OCH3 is 1. The van der Waals surface area contributed by atoms with Crippen molar-refractivity contribution in [3.05, 3.63) is 101 Å². The Labute approximate surface area is 208 Å². The molecule has 0 radical (unpaired) electrons. The maximum Gasteiger partial charge on any atom is 0.326 e.